The Kier molecular flexibility index (Phi) is 66.3. The molecule has 0 atom stereocenters. The molecule has 0 radical (unpaired) electrons. The maximum Gasteiger partial charge on any atom is 0.0197 e. The molecule has 0 bridgehead atoms. The van der Waals surface area contributed by atoms with Gasteiger partial charge in [0.25, 0.3) is 0 Å². The van der Waals surface area contributed by atoms with E-state index in [2.05, 4.69) is 52.7 Å². The Labute approximate surface area is 183 Å². The van der Waals surface area contributed by atoms with Gasteiger partial charge in [-0.2, -0.15) is 6.42 Å². The maximum atomic E-state index is 3.49. The van der Waals surface area contributed by atoms with Gasteiger partial charge in [0.1, 0.15) is 0 Å². The van der Waals surface area contributed by atoms with Gasteiger partial charge in [-0.05, 0) is 36.8 Å². The molecule has 0 amide bonds. The summed E-state index contributed by atoms with van der Waals surface area (Å²) in [7, 11) is 4.87. The molecule has 0 unspecified atom stereocenters. The Bertz CT molecular complexity index is 158. The normalized spacial score (nSPS) is 10.4. The number of hydrogen-bond acceptors (Lipinski definition) is 1. The van der Waals surface area contributed by atoms with E-state index in [0.29, 0.717) is 28.6 Å². The van der Waals surface area contributed by atoms with E-state index in [1.807, 2.05) is 6.92 Å². The fourth-order valence-corrected chi connectivity index (χ4v) is 4.07. The summed E-state index contributed by atoms with van der Waals surface area (Å²) in [4.78, 5) is 2.38. The average molecular weight is 468 g/mol. The zero-order valence-corrected chi connectivity index (χ0v) is 26.6. The molecule has 25 heavy (non-hydrogen) atoms. The number of unbranched alkanes of at least 4 members (excludes halogenated alkanes) is 1. The first-order chi connectivity index (χ1) is 11.6. The van der Waals surface area contributed by atoms with Crippen molar-refractivity contribution < 1.29 is 16.5 Å². The van der Waals surface area contributed by atoms with Gasteiger partial charge in [0.2, 0.25) is 0 Å². The summed E-state index contributed by atoms with van der Waals surface area (Å²) in [6.07, 6.45) is 6.74. The Morgan fingerprint density at radius 2 is 1.40 bits per heavy atom. The van der Waals surface area contributed by atoms with Gasteiger partial charge in [-0.15, -0.1) is 0 Å². The number of hydrogen-bond donors (Lipinski definition) is 0. The van der Waals surface area contributed by atoms with E-state index in [-0.39, 0.29) is 16.5 Å². The van der Waals surface area contributed by atoms with Crippen LogP contribution < -0.4 is 0 Å². The van der Waals surface area contributed by atoms with Crippen molar-refractivity contribution in [1.29, 1.82) is 0 Å². The molecule has 0 rings (SSSR count). The third-order valence-corrected chi connectivity index (χ3v) is 11.1. The average Bonchev–Trinajstić information content (AvgIpc) is 2.60. The number of nitrogens with zero attached hydrogens (tertiary/aromatic N) is 1. The maximum absolute atomic E-state index is 3.49. The smallest absolute Gasteiger partial charge is 0.0197 e. The van der Waals surface area contributed by atoms with Crippen molar-refractivity contribution in [2.24, 2.45) is 0 Å². The Balaban J connectivity index is -0.0000000764. The van der Waals surface area contributed by atoms with Crippen LogP contribution in [0.1, 0.15) is 59.8 Å². The van der Waals surface area contributed by atoms with E-state index in [4.69, 9.17) is 0 Å². The van der Waals surface area contributed by atoms with Crippen molar-refractivity contribution in [2.45, 2.75) is 96.7 Å². The first-order valence-electron chi connectivity index (χ1n) is 11.0. The van der Waals surface area contributed by atoms with Crippen molar-refractivity contribution in [1.82, 2.24) is 4.90 Å². The molecular weight excluding hydrogens is 413 g/mol. The molecule has 0 spiro atoms. The van der Waals surface area contributed by atoms with Crippen molar-refractivity contribution >= 4 is 38.8 Å². The zero-order chi connectivity index (χ0) is 19.5. The molecular formula is C19H54NNiSi4-. The van der Waals surface area contributed by atoms with E-state index in [1.165, 1.54) is 55.1 Å². The molecule has 0 aliphatic heterocycles. The first kappa shape index (κ1) is 37.1. The second-order valence-electron chi connectivity index (χ2n) is 6.52. The minimum absolute atomic E-state index is 0. The SMILES string of the molecule is CCCC[SiH2]CCC.CCN(C)CCC[SiH2]C.C[SiH2]C[SiH3].[CH2-]CC.[Ni]. The molecule has 0 heterocycles. The third kappa shape index (κ3) is 67.1. The molecule has 0 saturated heterocycles. The Hall–Kier alpha value is 1.32. The van der Waals surface area contributed by atoms with Crippen LogP contribution in [0.5, 0.6) is 0 Å². The summed E-state index contributed by atoms with van der Waals surface area (Å²) in [6.45, 7) is 19.5. The molecule has 0 saturated carbocycles. The van der Waals surface area contributed by atoms with Gasteiger partial charge in [-0.1, -0.05) is 83.9 Å². The van der Waals surface area contributed by atoms with Gasteiger partial charge in [0, 0.05) is 45.1 Å². The van der Waals surface area contributed by atoms with E-state index in [1.54, 1.807) is 17.8 Å². The summed E-state index contributed by atoms with van der Waals surface area (Å²) in [5.41, 5.74) is 1.60. The van der Waals surface area contributed by atoms with Gasteiger partial charge >= 0.3 is 0 Å². The molecule has 0 N–H and O–H groups in total. The fourth-order valence-electron chi connectivity index (χ4n) is 1.64. The van der Waals surface area contributed by atoms with Crippen LogP contribution in [0.25, 0.3) is 0 Å². The van der Waals surface area contributed by atoms with Crippen molar-refractivity contribution in [3.8, 4) is 0 Å². The van der Waals surface area contributed by atoms with Crippen molar-refractivity contribution in [3.63, 3.8) is 0 Å². The van der Waals surface area contributed by atoms with Gasteiger partial charge in [-0.25, -0.2) is 0 Å². The van der Waals surface area contributed by atoms with Crippen LogP contribution in [0, 0.1) is 6.92 Å². The van der Waals surface area contributed by atoms with E-state index >= 15 is 0 Å². The van der Waals surface area contributed by atoms with Crippen LogP contribution in [0.15, 0.2) is 0 Å². The predicted octanol–water partition coefficient (Wildman–Crippen LogP) is 3.34. The van der Waals surface area contributed by atoms with Crippen LogP contribution >= 0.6 is 0 Å². The fraction of sp³-hybridized carbons (Fsp3) is 0.947. The minimum Gasteiger partial charge on any atom is -0.344 e. The minimum atomic E-state index is 0. The molecule has 1 nitrogen and oxygen atoms in total. The van der Waals surface area contributed by atoms with E-state index in [0.717, 1.165) is 6.42 Å². The van der Waals surface area contributed by atoms with E-state index < -0.39 is 0 Å². The van der Waals surface area contributed by atoms with Crippen LogP contribution in [0.2, 0.25) is 36.9 Å². The second kappa shape index (κ2) is 44.6. The topological polar surface area (TPSA) is 3.24 Å². The summed E-state index contributed by atoms with van der Waals surface area (Å²) in [5, 5.41) is 0. The predicted molar refractivity (Wildman–Crippen MR) is 135 cm³/mol. The molecule has 0 aliphatic rings. The zero-order valence-electron chi connectivity index (χ0n) is 19.4. The van der Waals surface area contributed by atoms with Crippen LogP contribution in [-0.4, -0.2) is 63.8 Å². The standard InChI is InChI=1S/C7H19NSi.C7H18Si.C3H7.C2H10Si2.Ni/c1-4-8(2)6-5-7-9-3;1-3-5-7-8-6-4-2;1-3-2;1-4-2-3;/h4-7,9H2,1-3H3;3-8H2,1-2H3;1,3H2,2H3;2,4H2,1,3H3;/q;;-1;;. The summed E-state index contributed by atoms with van der Waals surface area (Å²) >= 11 is 0. The quantitative estimate of drug-likeness (QED) is 0.256. The summed E-state index contributed by atoms with van der Waals surface area (Å²) in [5.74, 6) is 0. The molecule has 6 heteroatoms. The Morgan fingerprint density at radius 3 is 1.72 bits per heavy atom. The molecule has 0 aromatic heterocycles. The molecule has 0 aliphatic carbocycles. The largest absolute Gasteiger partial charge is 0.344 e. The molecule has 0 fully saturated rings. The monoisotopic (exact) mass is 466 g/mol. The van der Waals surface area contributed by atoms with E-state index in [9.17, 15) is 0 Å². The van der Waals surface area contributed by atoms with Gasteiger partial charge in [-0.3, -0.25) is 0 Å². The van der Waals surface area contributed by atoms with Gasteiger partial charge in [0.05, 0.1) is 0 Å². The van der Waals surface area contributed by atoms with Crippen molar-refractivity contribution in [2.75, 3.05) is 20.1 Å². The summed E-state index contributed by atoms with van der Waals surface area (Å²) in [6, 6.07) is 4.68. The van der Waals surface area contributed by atoms with Crippen LogP contribution in [0.4, 0.5) is 0 Å². The molecule has 0 aromatic rings. The molecule has 0 aromatic carbocycles. The van der Waals surface area contributed by atoms with Crippen molar-refractivity contribution in [3.05, 3.63) is 6.92 Å². The molecule has 162 valence electrons. The van der Waals surface area contributed by atoms with Crippen LogP contribution in [-0.2, 0) is 16.5 Å². The summed E-state index contributed by atoms with van der Waals surface area (Å²) < 4.78 is 0. The van der Waals surface area contributed by atoms with Gasteiger partial charge < -0.3 is 11.8 Å². The first-order valence-corrected chi connectivity index (χ1v) is 19.3. The Morgan fingerprint density at radius 1 is 0.880 bits per heavy atom. The number of rotatable bonds is 11. The van der Waals surface area contributed by atoms with Gasteiger partial charge in [0.15, 0.2) is 0 Å². The van der Waals surface area contributed by atoms with Crippen LogP contribution in [0.3, 0.4) is 0 Å². The second-order valence-corrected chi connectivity index (χ2v) is 15.3. The third-order valence-electron chi connectivity index (χ3n) is 3.64.